The predicted molar refractivity (Wildman–Crippen MR) is 75.4 cm³/mol. The molecule has 0 atom stereocenters. The van der Waals surface area contributed by atoms with Crippen LogP contribution < -0.4 is 0 Å². The highest BCUT2D eigenvalue weighted by atomic mass is 16.4. The standard InChI is InChI=1S/C14H27N3O2/c1-14(13(18)19)3-5-16(6-4-14)11-12-17-9-7-15(2)8-10-17/h3-12H2,1-2H3,(H,18,19). The summed E-state index contributed by atoms with van der Waals surface area (Å²) in [7, 11) is 2.18. The number of piperidine rings is 1. The average Bonchev–Trinajstić information content (AvgIpc) is 2.40. The van der Waals surface area contributed by atoms with E-state index in [0.29, 0.717) is 0 Å². The van der Waals surface area contributed by atoms with Gasteiger partial charge in [0.2, 0.25) is 0 Å². The van der Waals surface area contributed by atoms with Crippen LogP contribution in [0.3, 0.4) is 0 Å². The van der Waals surface area contributed by atoms with Gasteiger partial charge in [0.05, 0.1) is 5.41 Å². The minimum absolute atomic E-state index is 0.496. The first-order valence-corrected chi connectivity index (χ1v) is 7.36. The van der Waals surface area contributed by atoms with Crippen molar-refractivity contribution in [3.63, 3.8) is 0 Å². The molecule has 0 saturated carbocycles. The Bertz CT molecular complexity index is 306. The van der Waals surface area contributed by atoms with Gasteiger partial charge in [0.15, 0.2) is 0 Å². The van der Waals surface area contributed by atoms with Crippen molar-refractivity contribution in [3.8, 4) is 0 Å². The molecule has 0 amide bonds. The van der Waals surface area contributed by atoms with Gasteiger partial charge in [0, 0.05) is 39.3 Å². The summed E-state index contributed by atoms with van der Waals surface area (Å²) in [4.78, 5) is 18.5. The third-order valence-corrected chi connectivity index (χ3v) is 4.80. The van der Waals surface area contributed by atoms with Gasteiger partial charge in [0.1, 0.15) is 0 Å². The Kier molecular flexibility index (Phi) is 4.81. The van der Waals surface area contributed by atoms with Crippen molar-refractivity contribution in [1.29, 1.82) is 0 Å². The number of nitrogens with zero attached hydrogens (tertiary/aromatic N) is 3. The molecule has 2 aliphatic heterocycles. The molecule has 5 heteroatoms. The fourth-order valence-electron chi connectivity index (χ4n) is 2.84. The SMILES string of the molecule is CN1CCN(CCN2CCC(C)(C(=O)O)CC2)CC1. The van der Waals surface area contributed by atoms with E-state index in [1.54, 1.807) is 0 Å². The van der Waals surface area contributed by atoms with Crippen LogP contribution in [-0.4, -0.2) is 85.2 Å². The second kappa shape index (κ2) is 6.20. The van der Waals surface area contributed by atoms with E-state index in [0.717, 1.165) is 65.2 Å². The quantitative estimate of drug-likeness (QED) is 0.801. The van der Waals surface area contributed by atoms with Crippen LogP contribution in [0, 0.1) is 5.41 Å². The summed E-state index contributed by atoms with van der Waals surface area (Å²) in [6.07, 6.45) is 1.57. The number of likely N-dealkylation sites (tertiary alicyclic amines) is 1. The molecular weight excluding hydrogens is 242 g/mol. The third-order valence-electron chi connectivity index (χ3n) is 4.80. The largest absolute Gasteiger partial charge is 0.481 e. The Labute approximate surface area is 116 Å². The zero-order chi connectivity index (χ0) is 13.9. The zero-order valence-electron chi connectivity index (χ0n) is 12.3. The van der Waals surface area contributed by atoms with E-state index in [1.165, 1.54) is 0 Å². The van der Waals surface area contributed by atoms with Crippen molar-refractivity contribution >= 4 is 5.97 Å². The Morgan fingerprint density at radius 1 is 1.00 bits per heavy atom. The molecule has 0 bridgehead atoms. The fourth-order valence-corrected chi connectivity index (χ4v) is 2.84. The first kappa shape index (κ1) is 14.8. The minimum Gasteiger partial charge on any atom is -0.481 e. The Hall–Kier alpha value is -0.650. The number of carboxylic acids is 1. The van der Waals surface area contributed by atoms with E-state index in [-0.39, 0.29) is 0 Å². The molecule has 19 heavy (non-hydrogen) atoms. The maximum atomic E-state index is 11.2. The number of likely N-dealkylation sites (N-methyl/N-ethyl adjacent to an activating group) is 1. The number of hydrogen-bond donors (Lipinski definition) is 1. The number of hydrogen-bond acceptors (Lipinski definition) is 4. The lowest BCUT2D eigenvalue weighted by Gasteiger charge is -2.38. The summed E-state index contributed by atoms with van der Waals surface area (Å²) in [5.74, 6) is -0.633. The highest BCUT2D eigenvalue weighted by Crippen LogP contribution is 2.30. The number of rotatable bonds is 4. The molecular formula is C14H27N3O2. The van der Waals surface area contributed by atoms with Gasteiger partial charge in [-0.1, -0.05) is 0 Å². The molecule has 110 valence electrons. The molecule has 2 saturated heterocycles. The maximum absolute atomic E-state index is 11.2. The molecule has 0 radical (unpaired) electrons. The van der Waals surface area contributed by atoms with Gasteiger partial charge in [-0.15, -0.1) is 0 Å². The van der Waals surface area contributed by atoms with E-state index < -0.39 is 11.4 Å². The molecule has 0 aromatic heterocycles. The minimum atomic E-state index is -0.633. The van der Waals surface area contributed by atoms with Crippen LogP contribution in [0.25, 0.3) is 0 Å². The third kappa shape index (κ3) is 3.91. The number of piperazine rings is 1. The second-order valence-electron chi connectivity index (χ2n) is 6.35. The highest BCUT2D eigenvalue weighted by molar-refractivity contribution is 5.74. The Morgan fingerprint density at radius 2 is 1.47 bits per heavy atom. The lowest BCUT2D eigenvalue weighted by atomic mass is 9.80. The molecule has 0 unspecified atom stereocenters. The summed E-state index contributed by atoms with van der Waals surface area (Å²) in [6.45, 7) is 10.6. The summed E-state index contributed by atoms with van der Waals surface area (Å²) >= 11 is 0. The summed E-state index contributed by atoms with van der Waals surface area (Å²) < 4.78 is 0. The first-order chi connectivity index (χ1) is 8.99. The van der Waals surface area contributed by atoms with E-state index in [2.05, 4.69) is 21.7 Å². The van der Waals surface area contributed by atoms with Gasteiger partial charge < -0.3 is 14.9 Å². The van der Waals surface area contributed by atoms with Gasteiger partial charge in [-0.2, -0.15) is 0 Å². The molecule has 2 aliphatic rings. The molecule has 2 rings (SSSR count). The predicted octanol–water partition coefficient (Wildman–Crippen LogP) is 0.421. The smallest absolute Gasteiger partial charge is 0.309 e. The van der Waals surface area contributed by atoms with Gasteiger partial charge >= 0.3 is 5.97 Å². The Balaban J connectivity index is 1.67. The van der Waals surface area contributed by atoms with Crippen LogP contribution in [0.1, 0.15) is 19.8 Å². The van der Waals surface area contributed by atoms with Crippen LogP contribution in [0.5, 0.6) is 0 Å². The van der Waals surface area contributed by atoms with Crippen molar-refractivity contribution in [2.75, 3.05) is 59.4 Å². The Morgan fingerprint density at radius 3 is 1.95 bits per heavy atom. The zero-order valence-corrected chi connectivity index (χ0v) is 12.3. The molecule has 0 aromatic carbocycles. The summed E-state index contributed by atoms with van der Waals surface area (Å²) in [5, 5.41) is 9.21. The molecule has 5 nitrogen and oxygen atoms in total. The fraction of sp³-hybridized carbons (Fsp3) is 0.929. The molecule has 1 N–H and O–H groups in total. The van der Waals surface area contributed by atoms with E-state index >= 15 is 0 Å². The van der Waals surface area contributed by atoms with E-state index in [4.69, 9.17) is 0 Å². The van der Waals surface area contributed by atoms with Gasteiger partial charge in [-0.3, -0.25) is 9.69 Å². The van der Waals surface area contributed by atoms with E-state index in [1.807, 2.05) is 6.92 Å². The lowest BCUT2D eigenvalue weighted by molar-refractivity contribution is -0.150. The molecule has 0 aromatic rings. The van der Waals surface area contributed by atoms with Crippen molar-refractivity contribution in [1.82, 2.24) is 14.7 Å². The van der Waals surface area contributed by atoms with Crippen LogP contribution >= 0.6 is 0 Å². The van der Waals surface area contributed by atoms with Crippen LogP contribution in [0.15, 0.2) is 0 Å². The van der Waals surface area contributed by atoms with E-state index in [9.17, 15) is 9.90 Å². The van der Waals surface area contributed by atoms with Crippen LogP contribution in [-0.2, 0) is 4.79 Å². The topological polar surface area (TPSA) is 47.0 Å². The van der Waals surface area contributed by atoms with Crippen molar-refractivity contribution in [3.05, 3.63) is 0 Å². The van der Waals surface area contributed by atoms with Crippen LogP contribution in [0.2, 0.25) is 0 Å². The number of aliphatic carboxylic acids is 1. The second-order valence-corrected chi connectivity index (χ2v) is 6.35. The van der Waals surface area contributed by atoms with Crippen molar-refractivity contribution < 1.29 is 9.90 Å². The monoisotopic (exact) mass is 269 g/mol. The van der Waals surface area contributed by atoms with Gasteiger partial charge in [0.25, 0.3) is 0 Å². The average molecular weight is 269 g/mol. The van der Waals surface area contributed by atoms with Crippen molar-refractivity contribution in [2.24, 2.45) is 5.41 Å². The number of carboxylic acid groups (broad SMARTS) is 1. The van der Waals surface area contributed by atoms with Gasteiger partial charge in [-0.25, -0.2) is 0 Å². The van der Waals surface area contributed by atoms with Gasteiger partial charge in [-0.05, 0) is 39.9 Å². The van der Waals surface area contributed by atoms with Crippen LogP contribution in [0.4, 0.5) is 0 Å². The molecule has 0 aliphatic carbocycles. The number of carbonyl (C=O) groups is 1. The first-order valence-electron chi connectivity index (χ1n) is 7.36. The normalized spacial score (nSPS) is 26.4. The summed E-state index contributed by atoms with van der Waals surface area (Å²) in [6, 6.07) is 0. The molecule has 2 heterocycles. The molecule has 0 spiro atoms. The molecule has 2 fully saturated rings. The van der Waals surface area contributed by atoms with Crippen molar-refractivity contribution in [2.45, 2.75) is 19.8 Å². The highest BCUT2D eigenvalue weighted by Gasteiger charge is 2.36. The summed E-state index contributed by atoms with van der Waals surface area (Å²) in [5.41, 5.74) is -0.496. The lowest BCUT2D eigenvalue weighted by Crippen LogP contribution is -2.49. The maximum Gasteiger partial charge on any atom is 0.309 e.